The number of anilines is 2. The SMILES string of the molecule is O=C(Oc1cn(CCN2CCN(c3cccc4c3OCC4)CC2)c2ccccc12)C(=O)Oc1cn(CCN2CCN(c3cccc4c3OCC4)CC2)c2ccccc12. The lowest BCUT2D eigenvalue weighted by Crippen LogP contribution is -2.47. The van der Waals surface area contributed by atoms with E-state index in [1.54, 1.807) is 0 Å². The molecule has 4 aliphatic rings. The fourth-order valence-corrected chi connectivity index (χ4v) is 9.06. The van der Waals surface area contributed by atoms with Crippen LogP contribution in [-0.4, -0.2) is 110 Å². The number of hydrogen-bond donors (Lipinski definition) is 0. The Morgan fingerprint density at radius 2 is 0.931 bits per heavy atom. The first-order valence-corrected chi connectivity index (χ1v) is 20.6. The topological polar surface area (TPSA) is 93.9 Å². The highest BCUT2D eigenvalue weighted by atomic mass is 16.6. The molecule has 0 atom stereocenters. The van der Waals surface area contributed by atoms with Gasteiger partial charge in [-0.25, -0.2) is 9.59 Å². The maximum atomic E-state index is 13.3. The predicted octanol–water partition coefficient (Wildman–Crippen LogP) is 5.62. The highest BCUT2D eigenvalue weighted by Crippen LogP contribution is 2.38. The van der Waals surface area contributed by atoms with Crippen LogP contribution in [-0.2, 0) is 35.5 Å². The van der Waals surface area contributed by atoms with Crippen molar-refractivity contribution in [2.45, 2.75) is 25.9 Å². The molecule has 0 aliphatic carbocycles. The molecule has 0 unspecified atom stereocenters. The van der Waals surface area contributed by atoms with Gasteiger partial charge in [0, 0.05) is 115 Å². The molecule has 0 saturated carbocycles. The number of carbonyl (C=O) groups is 2. The van der Waals surface area contributed by atoms with Crippen molar-refractivity contribution in [2.75, 3.05) is 88.5 Å². The summed E-state index contributed by atoms with van der Waals surface area (Å²) in [6.07, 6.45) is 5.60. The number of carbonyl (C=O) groups excluding carboxylic acids is 2. The number of para-hydroxylation sites is 4. The molecular formula is C46H48N6O6. The number of ether oxygens (including phenoxy) is 4. The summed E-state index contributed by atoms with van der Waals surface area (Å²) in [6, 6.07) is 28.5. The standard InChI is InChI=1S/C46H48N6O6/c53-45(57-41-31-51(37-11-3-1-9-35(37)41)27-21-47-17-23-49(24-18-47)39-13-5-7-33-15-29-55-43(33)39)46(54)58-42-32-52(38-12-4-2-10-36(38)42)28-22-48-19-25-50(26-20-48)40-14-6-8-34-16-30-56-44(34)40/h1-14,31-32H,15-30H2. The second-order valence-electron chi connectivity index (χ2n) is 15.6. The van der Waals surface area contributed by atoms with Gasteiger partial charge in [-0.2, -0.15) is 0 Å². The van der Waals surface area contributed by atoms with Crippen LogP contribution in [0.3, 0.4) is 0 Å². The zero-order chi connectivity index (χ0) is 39.0. The summed E-state index contributed by atoms with van der Waals surface area (Å²) in [6.45, 7) is 12.1. The van der Waals surface area contributed by atoms with Gasteiger partial charge >= 0.3 is 11.9 Å². The van der Waals surface area contributed by atoms with E-state index in [2.05, 4.69) is 65.1 Å². The number of esters is 2. The second-order valence-corrected chi connectivity index (χ2v) is 15.6. The molecule has 0 bridgehead atoms. The molecule has 0 N–H and O–H groups in total. The molecule has 0 spiro atoms. The summed E-state index contributed by atoms with van der Waals surface area (Å²) in [5.41, 5.74) is 6.87. The van der Waals surface area contributed by atoms with E-state index in [0.29, 0.717) is 24.6 Å². The van der Waals surface area contributed by atoms with Crippen LogP contribution in [0.15, 0.2) is 97.3 Å². The van der Waals surface area contributed by atoms with Crippen LogP contribution in [0.25, 0.3) is 21.8 Å². The number of fused-ring (bicyclic) bond motifs is 4. The van der Waals surface area contributed by atoms with Gasteiger partial charge in [0.15, 0.2) is 11.5 Å². The summed E-state index contributed by atoms with van der Waals surface area (Å²) in [5.74, 6) is 0.662. The van der Waals surface area contributed by atoms with Gasteiger partial charge in [-0.15, -0.1) is 0 Å². The van der Waals surface area contributed by atoms with Crippen molar-refractivity contribution in [2.24, 2.45) is 0 Å². The molecule has 12 nitrogen and oxygen atoms in total. The van der Waals surface area contributed by atoms with Crippen molar-refractivity contribution in [1.82, 2.24) is 18.9 Å². The van der Waals surface area contributed by atoms with E-state index in [0.717, 1.165) is 125 Å². The van der Waals surface area contributed by atoms with Gasteiger partial charge in [-0.1, -0.05) is 48.5 Å². The summed E-state index contributed by atoms with van der Waals surface area (Å²) in [5, 5.41) is 1.54. The maximum absolute atomic E-state index is 13.3. The quantitative estimate of drug-likeness (QED) is 0.129. The van der Waals surface area contributed by atoms with E-state index >= 15 is 0 Å². The van der Waals surface area contributed by atoms with Crippen molar-refractivity contribution >= 4 is 45.1 Å². The smallest absolute Gasteiger partial charge is 0.423 e. The number of nitrogens with zero attached hydrogens (tertiary/aromatic N) is 6. The minimum Gasteiger partial charge on any atom is -0.491 e. The Hall–Kier alpha value is -5.98. The fraction of sp³-hybridized carbons (Fsp3) is 0.348. The monoisotopic (exact) mass is 780 g/mol. The average Bonchev–Trinajstić information content (AvgIpc) is 4.09. The van der Waals surface area contributed by atoms with E-state index in [9.17, 15) is 9.59 Å². The first-order chi connectivity index (χ1) is 28.6. The second kappa shape index (κ2) is 15.8. The van der Waals surface area contributed by atoms with E-state index in [-0.39, 0.29) is 0 Å². The lowest BCUT2D eigenvalue weighted by Gasteiger charge is -2.36. The van der Waals surface area contributed by atoms with Crippen molar-refractivity contribution < 1.29 is 28.5 Å². The summed E-state index contributed by atoms with van der Waals surface area (Å²) in [4.78, 5) is 36.4. The molecule has 12 heteroatoms. The van der Waals surface area contributed by atoms with Gasteiger partial charge in [0.2, 0.25) is 0 Å². The minimum atomic E-state index is -1.06. The summed E-state index contributed by atoms with van der Waals surface area (Å²) < 4.78 is 27.6. The Morgan fingerprint density at radius 3 is 1.38 bits per heavy atom. The van der Waals surface area contributed by atoms with Crippen LogP contribution >= 0.6 is 0 Å². The van der Waals surface area contributed by atoms with E-state index < -0.39 is 11.9 Å². The summed E-state index contributed by atoms with van der Waals surface area (Å²) >= 11 is 0. The normalized spacial score (nSPS) is 17.0. The molecule has 58 heavy (non-hydrogen) atoms. The molecule has 298 valence electrons. The van der Waals surface area contributed by atoms with E-state index in [1.165, 1.54) is 22.5 Å². The first kappa shape index (κ1) is 36.4. The molecule has 2 fully saturated rings. The van der Waals surface area contributed by atoms with Crippen LogP contribution in [0.2, 0.25) is 0 Å². The van der Waals surface area contributed by atoms with Gasteiger partial charge in [0.25, 0.3) is 0 Å². The molecule has 6 aromatic rings. The molecule has 6 heterocycles. The van der Waals surface area contributed by atoms with Gasteiger partial charge in [0.1, 0.15) is 11.5 Å². The van der Waals surface area contributed by atoms with Crippen LogP contribution in [0.5, 0.6) is 23.0 Å². The first-order valence-electron chi connectivity index (χ1n) is 20.6. The number of piperazine rings is 2. The molecule has 2 saturated heterocycles. The molecule has 4 aliphatic heterocycles. The zero-order valence-corrected chi connectivity index (χ0v) is 32.7. The molecule has 2 aromatic heterocycles. The Bertz CT molecular complexity index is 2300. The average molecular weight is 781 g/mol. The lowest BCUT2D eigenvalue weighted by molar-refractivity contribution is -0.156. The Balaban J connectivity index is 0.751. The Labute approximate surface area is 337 Å². The third-order valence-electron chi connectivity index (χ3n) is 12.2. The highest BCUT2D eigenvalue weighted by Gasteiger charge is 2.27. The lowest BCUT2D eigenvalue weighted by atomic mass is 10.1. The fourth-order valence-electron chi connectivity index (χ4n) is 9.06. The molecular weight excluding hydrogens is 733 g/mol. The third kappa shape index (κ3) is 7.11. The van der Waals surface area contributed by atoms with Crippen molar-refractivity contribution in [3.8, 4) is 23.0 Å². The van der Waals surface area contributed by atoms with Crippen LogP contribution < -0.4 is 28.7 Å². The van der Waals surface area contributed by atoms with Crippen LogP contribution in [0, 0.1) is 0 Å². The van der Waals surface area contributed by atoms with Crippen molar-refractivity contribution in [3.63, 3.8) is 0 Å². The number of aromatic nitrogens is 2. The third-order valence-corrected chi connectivity index (χ3v) is 12.2. The maximum Gasteiger partial charge on any atom is 0.423 e. The van der Waals surface area contributed by atoms with Gasteiger partial charge < -0.3 is 37.9 Å². The van der Waals surface area contributed by atoms with E-state index in [1.807, 2.05) is 60.9 Å². The number of benzene rings is 4. The molecule has 10 rings (SSSR count). The van der Waals surface area contributed by atoms with Crippen LogP contribution in [0.4, 0.5) is 11.4 Å². The Morgan fingerprint density at radius 1 is 0.500 bits per heavy atom. The van der Waals surface area contributed by atoms with Gasteiger partial charge in [-0.3, -0.25) is 9.80 Å². The van der Waals surface area contributed by atoms with Gasteiger partial charge in [-0.05, 0) is 47.5 Å². The van der Waals surface area contributed by atoms with E-state index in [4.69, 9.17) is 18.9 Å². The zero-order valence-electron chi connectivity index (χ0n) is 32.7. The van der Waals surface area contributed by atoms with Gasteiger partial charge in [0.05, 0.1) is 35.6 Å². The number of hydrogen-bond acceptors (Lipinski definition) is 10. The Kier molecular flexibility index (Phi) is 9.88. The molecule has 4 aromatic carbocycles. The van der Waals surface area contributed by atoms with Crippen molar-refractivity contribution in [1.29, 1.82) is 0 Å². The highest BCUT2D eigenvalue weighted by molar-refractivity contribution is 6.31. The van der Waals surface area contributed by atoms with Crippen LogP contribution in [0.1, 0.15) is 11.1 Å². The molecule has 0 radical (unpaired) electrons. The molecule has 0 amide bonds. The number of rotatable bonds is 10. The minimum absolute atomic E-state index is 0.340. The summed E-state index contributed by atoms with van der Waals surface area (Å²) in [7, 11) is 0. The largest absolute Gasteiger partial charge is 0.491 e. The van der Waals surface area contributed by atoms with Crippen molar-refractivity contribution in [3.05, 3.63) is 108 Å². The predicted molar refractivity (Wildman–Crippen MR) is 224 cm³/mol.